The third-order valence-electron chi connectivity index (χ3n) is 3.31. The van der Waals surface area contributed by atoms with Gasteiger partial charge in [-0.3, -0.25) is 4.79 Å². The first-order chi connectivity index (χ1) is 12.8. The maximum absolute atomic E-state index is 12.2. The Morgan fingerprint density at radius 1 is 1.00 bits per heavy atom. The molecular formula is C18H15BrClNO6. The maximum Gasteiger partial charge on any atom is 0.337 e. The summed E-state index contributed by atoms with van der Waals surface area (Å²) in [5.41, 5.74) is 0.413. The third-order valence-corrected chi connectivity index (χ3v) is 4.17. The number of ether oxygens (including phenoxy) is 3. The van der Waals surface area contributed by atoms with Gasteiger partial charge < -0.3 is 19.5 Å². The zero-order valence-electron chi connectivity index (χ0n) is 14.4. The lowest BCUT2D eigenvalue weighted by Gasteiger charge is -2.11. The van der Waals surface area contributed by atoms with Gasteiger partial charge in [-0.05, 0) is 52.3 Å². The third kappa shape index (κ3) is 5.70. The number of benzene rings is 2. The lowest BCUT2D eigenvalue weighted by Crippen LogP contribution is -2.21. The van der Waals surface area contributed by atoms with Crippen LogP contribution in [0.2, 0.25) is 5.02 Å². The minimum atomic E-state index is -0.655. The van der Waals surface area contributed by atoms with Crippen molar-refractivity contribution in [1.29, 1.82) is 0 Å². The highest BCUT2D eigenvalue weighted by atomic mass is 79.9. The zero-order valence-corrected chi connectivity index (χ0v) is 16.7. The largest absolute Gasteiger partial charge is 0.483 e. The number of rotatable bonds is 6. The van der Waals surface area contributed by atoms with Gasteiger partial charge in [0.2, 0.25) is 0 Å². The molecule has 2 aromatic carbocycles. The average molecular weight is 457 g/mol. The van der Waals surface area contributed by atoms with Gasteiger partial charge in [-0.15, -0.1) is 0 Å². The maximum atomic E-state index is 12.2. The summed E-state index contributed by atoms with van der Waals surface area (Å²) in [5, 5.41) is 3.08. The fourth-order valence-corrected chi connectivity index (χ4v) is 2.90. The van der Waals surface area contributed by atoms with E-state index in [9.17, 15) is 14.4 Å². The first-order valence-electron chi connectivity index (χ1n) is 7.53. The number of anilines is 1. The molecule has 142 valence electrons. The van der Waals surface area contributed by atoms with Gasteiger partial charge in [-0.2, -0.15) is 0 Å². The summed E-state index contributed by atoms with van der Waals surface area (Å²) in [6.45, 7) is -0.295. The molecule has 0 fully saturated rings. The number of amides is 1. The first kappa shape index (κ1) is 20.7. The van der Waals surface area contributed by atoms with E-state index in [2.05, 4.69) is 30.7 Å². The van der Waals surface area contributed by atoms with E-state index in [1.54, 1.807) is 18.2 Å². The highest BCUT2D eigenvalue weighted by Gasteiger charge is 2.15. The van der Waals surface area contributed by atoms with Crippen LogP contribution < -0.4 is 10.1 Å². The Labute approximate surface area is 168 Å². The summed E-state index contributed by atoms with van der Waals surface area (Å²) in [5.74, 6) is -1.36. The minimum absolute atomic E-state index is 0.0945. The van der Waals surface area contributed by atoms with Crippen LogP contribution in [0.5, 0.6) is 5.75 Å². The molecule has 0 aliphatic rings. The molecule has 7 nitrogen and oxygen atoms in total. The Kier molecular flexibility index (Phi) is 7.20. The summed E-state index contributed by atoms with van der Waals surface area (Å²) < 4.78 is 15.3. The Hall–Kier alpha value is -2.58. The smallest absolute Gasteiger partial charge is 0.337 e. The van der Waals surface area contributed by atoms with Crippen LogP contribution in [0.3, 0.4) is 0 Å². The zero-order chi connectivity index (χ0) is 20.0. The predicted molar refractivity (Wildman–Crippen MR) is 102 cm³/mol. The van der Waals surface area contributed by atoms with Gasteiger partial charge in [0.1, 0.15) is 5.75 Å². The van der Waals surface area contributed by atoms with Crippen molar-refractivity contribution in [2.45, 2.75) is 0 Å². The van der Waals surface area contributed by atoms with E-state index in [0.717, 1.165) is 0 Å². The number of hydrogen-bond donors (Lipinski definition) is 1. The van der Waals surface area contributed by atoms with Crippen molar-refractivity contribution in [2.75, 3.05) is 26.1 Å². The van der Waals surface area contributed by atoms with E-state index in [4.69, 9.17) is 16.3 Å². The number of esters is 2. The minimum Gasteiger partial charge on any atom is -0.483 e. The number of halogens is 2. The van der Waals surface area contributed by atoms with E-state index in [1.807, 2.05) is 0 Å². The van der Waals surface area contributed by atoms with E-state index in [1.165, 1.54) is 32.4 Å². The van der Waals surface area contributed by atoms with E-state index in [0.29, 0.717) is 15.2 Å². The lowest BCUT2D eigenvalue weighted by molar-refractivity contribution is -0.118. The molecule has 0 spiro atoms. The molecule has 2 rings (SSSR count). The van der Waals surface area contributed by atoms with E-state index in [-0.39, 0.29) is 23.4 Å². The number of hydrogen-bond acceptors (Lipinski definition) is 6. The topological polar surface area (TPSA) is 90.9 Å². The van der Waals surface area contributed by atoms with Crippen LogP contribution in [-0.2, 0) is 14.3 Å². The first-order valence-corrected chi connectivity index (χ1v) is 8.70. The van der Waals surface area contributed by atoms with Gasteiger partial charge in [0, 0.05) is 10.7 Å². The molecule has 0 aliphatic carbocycles. The van der Waals surface area contributed by atoms with Crippen LogP contribution >= 0.6 is 27.5 Å². The normalized spacial score (nSPS) is 10.1. The average Bonchev–Trinajstić information content (AvgIpc) is 2.65. The SMILES string of the molecule is COC(=O)c1cc(NC(=O)COc2ccc(Cl)cc2Br)cc(C(=O)OC)c1. The van der Waals surface area contributed by atoms with Crippen molar-refractivity contribution in [1.82, 2.24) is 0 Å². The summed E-state index contributed by atoms with van der Waals surface area (Å²) in [4.78, 5) is 35.7. The van der Waals surface area contributed by atoms with Gasteiger partial charge >= 0.3 is 11.9 Å². The molecule has 0 unspecified atom stereocenters. The van der Waals surface area contributed by atoms with Crippen LogP contribution in [0, 0.1) is 0 Å². The molecule has 0 atom stereocenters. The van der Waals surface area contributed by atoms with Gasteiger partial charge in [0.15, 0.2) is 6.61 Å². The van der Waals surface area contributed by atoms with Gasteiger partial charge in [0.25, 0.3) is 5.91 Å². The fourth-order valence-electron chi connectivity index (χ4n) is 2.10. The Morgan fingerprint density at radius 2 is 1.59 bits per heavy atom. The number of nitrogens with one attached hydrogen (secondary N) is 1. The summed E-state index contributed by atoms with van der Waals surface area (Å²) in [6, 6.07) is 8.96. The molecular weight excluding hydrogens is 442 g/mol. The second kappa shape index (κ2) is 9.38. The van der Waals surface area contributed by atoms with Gasteiger partial charge in [-0.1, -0.05) is 11.6 Å². The van der Waals surface area contributed by atoms with Crippen molar-refractivity contribution in [3.63, 3.8) is 0 Å². The lowest BCUT2D eigenvalue weighted by atomic mass is 10.1. The van der Waals surface area contributed by atoms with E-state index < -0.39 is 17.8 Å². The molecule has 0 aliphatic heterocycles. The van der Waals surface area contributed by atoms with Crippen LogP contribution in [0.25, 0.3) is 0 Å². The number of carbonyl (C=O) groups is 3. The highest BCUT2D eigenvalue weighted by Crippen LogP contribution is 2.28. The monoisotopic (exact) mass is 455 g/mol. The molecule has 0 saturated carbocycles. The second-order valence-electron chi connectivity index (χ2n) is 5.19. The molecule has 2 aromatic rings. The molecule has 1 N–H and O–H groups in total. The van der Waals surface area contributed by atoms with Crippen molar-refractivity contribution < 1.29 is 28.6 Å². The number of methoxy groups -OCH3 is 2. The molecule has 0 bridgehead atoms. The van der Waals surface area contributed by atoms with E-state index >= 15 is 0 Å². The van der Waals surface area contributed by atoms with Crippen molar-refractivity contribution in [2.24, 2.45) is 0 Å². The standard InChI is InChI=1S/C18H15BrClNO6/c1-25-17(23)10-5-11(18(24)26-2)7-13(6-10)21-16(22)9-27-15-4-3-12(20)8-14(15)19/h3-8H,9H2,1-2H3,(H,21,22). The Balaban J connectivity index is 2.13. The summed E-state index contributed by atoms with van der Waals surface area (Å²) >= 11 is 9.14. The van der Waals surface area contributed by atoms with Crippen molar-refractivity contribution >= 4 is 51.1 Å². The van der Waals surface area contributed by atoms with Crippen molar-refractivity contribution in [3.05, 3.63) is 57.0 Å². The summed E-state index contributed by atoms with van der Waals surface area (Å²) in [6.07, 6.45) is 0. The predicted octanol–water partition coefficient (Wildman–Crippen LogP) is 3.69. The quantitative estimate of drug-likeness (QED) is 0.667. The van der Waals surface area contributed by atoms with Crippen LogP contribution in [0.1, 0.15) is 20.7 Å². The molecule has 27 heavy (non-hydrogen) atoms. The molecule has 0 saturated heterocycles. The van der Waals surface area contributed by atoms with Crippen LogP contribution in [0.4, 0.5) is 5.69 Å². The van der Waals surface area contributed by atoms with Gasteiger partial charge in [-0.25, -0.2) is 9.59 Å². The van der Waals surface area contributed by atoms with Crippen LogP contribution in [0.15, 0.2) is 40.9 Å². The molecule has 1 amide bonds. The summed E-state index contributed by atoms with van der Waals surface area (Å²) in [7, 11) is 2.42. The van der Waals surface area contributed by atoms with Gasteiger partial charge in [0.05, 0.1) is 29.8 Å². The molecule has 0 aromatic heterocycles. The van der Waals surface area contributed by atoms with Crippen LogP contribution in [-0.4, -0.2) is 38.7 Å². The number of carbonyl (C=O) groups excluding carboxylic acids is 3. The Morgan fingerprint density at radius 3 is 2.11 bits per heavy atom. The highest BCUT2D eigenvalue weighted by molar-refractivity contribution is 9.10. The van der Waals surface area contributed by atoms with Crippen molar-refractivity contribution in [3.8, 4) is 5.75 Å². The Bertz CT molecular complexity index is 852. The second-order valence-corrected chi connectivity index (χ2v) is 6.48. The molecule has 0 radical (unpaired) electrons. The molecule has 0 heterocycles. The fraction of sp³-hybridized carbons (Fsp3) is 0.167. The molecule has 9 heteroatoms.